The van der Waals surface area contributed by atoms with E-state index in [0.29, 0.717) is 6.61 Å². The molecule has 1 N–H and O–H groups in total. The Morgan fingerprint density at radius 2 is 2.00 bits per heavy atom. The lowest BCUT2D eigenvalue weighted by Crippen LogP contribution is -2.17. The predicted octanol–water partition coefficient (Wildman–Crippen LogP) is 3.65. The molecule has 1 aromatic carbocycles. The fourth-order valence-electron chi connectivity index (χ4n) is 2.87. The second-order valence-electron chi connectivity index (χ2n) is 6.44. The highest BCUT2D eigenvalue weighted by Crippen LogP contribution is 2.14. The summed E-state index contributed by atoms with van der Waals surface area (Å²) in [6, 6.07) is 16.2. The molecule has 136 valence electrons. The van der Waals surface area contributed by atoms with Gasteiger partial charge in [-0.1, -0.05) is 18.2 Å². The average molecular weight is 350 g/mol. The largest absolute Gasteiger partial charge is 0.487 e. The lowest BCUT2D eigenvalue weighted by Gasteiger charge is -2.09. The zero-order chi connectivity index (χ0) is 18.2. The maximum absolute atomic E-state index is 5.83. The van der Waals surface area contributed by atoms with Crippen LogP contribution in [0.5, 0.6) is 5.75 Å². The van der Waals surface area contributed by atoms with Crippen molar-refractivity contribution >= 4 is 0 Å². The van der Waals surface area contributed by atoms with Gasteiger partial charge in [0.25, 0.3) is 0 Å². The Kier molecular flexibility index (Phi) is 6.39. The van der Waals surface area contributed by atoms with E-state index in [9.17, 15) is 0 Å². The van der Waals surface area contributed by atoms with Gasteiger partial charge in [0.15, 0.2) is 0 Å². The highest BCUT2D eigenvalue weighted by molar-refractivity contribution is 5.28. The molecule has 3 rings (SSSR count). The Balaban J connectivity index is 1.40. The molecule has 0 saturated heterocycles. The van der Waals surface area contributed by atoms with Crippen LogP contribution in [0.1, 0.15) is 29.1 Å². The van der Waals surface area contributed by atoms with Crippen LogP contribution >= 0.6 is 0 Å². The molecule has 0 spiro atoms. The van der Waals surface area contributed by atoms with Gasteiger partial charge in [-0.15, -0.1) is 0 Å². The van der Waals surface area contributed by atoms with Crippen molar-refractivity contribution in [1.82, 2.24) is 20.1 Å². The van der Waals surface area contributed by atoms with E-state index in [1.165, 1.54) is 11.3 Å². The molecule has 3 aromatic rings. The van der Waals surface area contributed by atoms with E-state index in [0.717, 1.165) is 43.2 Å². The fourth-order valence-corrected chi connectivity index (χ4v) is 2.87. The van der Waals surface area contributed by atoms with Gasteiger partial charge in [-0.25, -0.2) is 0 Å². The molecule has 0 amide bonds. The summed E-state index contributed by atoms with van der Waals surface area (Å²) < 4.78 is 7.90. The van der Waals surface area contributed by atoms with Crippen molar-refractivity contribution in [1.29, 1.82) is 0 Å². The minimum atomic E-state index is 0.486. The first kappa shape index (κ1) is 18.1. The lowest BCUT2D eigenvalue weighted by atomic mass is 10.2. The Labute approximate surface area is 155 Å². The zero-order valence-electron chi connectivity index (χ0n) is 15.5. The van der Waals surface area contributed by atoms with Gasteiger partial charge in [-0.3, -0.25) is 9.67 Å². The van der Waals surface area contributed by atoms with Gasteiger partial charge in [-0.05, 0) is 62.7 Å². The molecule has 0 unspecified atom stereocenters. The Bertz CT molecular complexity index is 814. The third kappa shape index (κ3) is 5.43. The molecule has 0 radical (unpaired) electrons. The molecule has 2 heterocycles. The normalized spacial score (nSPS) is 10.8. The number of nitrogens with one attached hydrogen (secondary N) is 1. The van der Waals surface area contributed by atoms with E-state index < -0.39 is 0 Å². The van der Waals surface area contributed by atoms with Gasteiger partial charge < -0.3 is 10.1 Å². The number of aryl methyl sites for hydroxylation is 3. The number of nitrogens with zero attached hydrogens (tertiary/aromatic N) is 3. The Morgan fingerprint density at radius 3 is 2.77 bits per heavy atom. The van der Waals surface area contributed by atoms with E-state index >= 15 is 0 Å². The Hall–Kier alpha value is -2.66. The fraction of sp³-hybridized carbons (Fsp3) is 0.333. The number of hydrogen-bond acceptors (Lipinski definition) is 4. The Morgan fingerprint density at radius 1 is 1.08 bits per heavy atom. The molecule has 0 saturated carbocycles. The monoisotopic (exact) mass is 350 g/mol. The number of aromatic nitrogens is 3. The smallest absolute Gasteiger partial charge is 0.130 e. The van der Waals surface area contributed by atoms with Crippen molar-refractivity contribution in [3.8, 4) is 5.75 Å². The first-order valence-corrected chi connectivity index (χ1v) is 9.04. The highest BCUT2D eigenvalue weighted by Gasteiger charge is 2.01. The summed E-state index contributed by atoms with van der Waals surface area (Å²) in [6.45, 7) is 7.35. The van der Waals surface area contributed by atoms with Crippen molar-refractivity contribution in [2.45, 2.75) is 40.0 Å². The van der Waals surface area contributed by atoms with Crippen LogP contribution in [0, 0.1) is 13.8 Å². The zero-order valence-corrected chi connectivity index (χ0v) is 15.5. The number of rotatable bonds is 9. The minimum Gasteiger partial charge on any atom is -0.487 e. The second kappa shape index (κ2) is 9.15. The lowest BCUT2D eigenvalue weighted by molar-refractivity contribution is 0.301. The van der Waals surface area contributed by atoms with Crippen molar-refractivity contribution in [2.24, 2.45) is 0 Å². The quantitative estimate of drug-likeness (QED) is 0.599. The summed E-state index contributed by atoms with van der Waals surface area (Å²) in [7, 11) is 0. The second-order valence-corrected chi connectivity index (χ2v) is 6.44. The molecule has 0 bridgehead atoms. The SMILES string of the molecule is Cc1cc(C)n(CCCNCc2cccc(OCc3ccccn3)c2)n1. The van der Waals surface area contributed by atoms with E-state index in [4.69, 9.17) is 4.74 Å². The van der Waals surface area contributed by atoms with Crippen LogP contribution in [0.2, 0.25) is 0 Å². The third-order valence-corrected chi connectivity index (χ3v) is 4.17. The standard InChI is InChI=1S/C21H26N4O/c1-17-13-18(2)25(24-17)12-6-10-22-15-19-7-5-9-21(14-19)26-16-20-8-3-4-11-23-20/h3-5,7-9,11,13-14,22H,6,10,12,15-16H2,1-2H3. The number of ether oxygens (including phenoxy) is 1. The van der Waals surface area contributed by atoms with Crippen LogP contribution in [0.25, 0.3) is 0 Å². The number of benzene rings is 1. The van der Waals surface area contributed by atoms with Crippen molar-refractivity contribution < 1.29 is 4.74 Å². The first-order valence-electron chi connectivity index (χ1n) is 9.04. The minimum absolute atomic E-state index is 0.486. The molecule has 5 nitrogen and oxygen atoms in total. The number of hydrogen-bond donors (Lipinski definition) is 1. The van der Waals surface area contributed by atoms with E-state index in [2.05, 4.69) is 45.2 Å². The van der Waals surface area contributed by atoms with Gasteiger partial charge >= 0.3 is 0 Å². The molecule has 2 aromatic heterocycles. The molecule has 26 heavy (non-hydrogen) atoms. The molecule has 5 heteroatoms. The summed E-state index contributed by atoms with van der Waals surface area (Å²) in [6.07, 6.45) is 2.84. The summed E-state index contributed by atoms with van der Waals surface area (Å²) >= 11 is 0. The molecular weight excluding hydrogens is 324 g/mol. The first-order chi connectivity index (χ1) is 12.7. The molecule has 0 aliphatic carbocycles. The third-order valence-electron chi connectivity index (χ3n) is 4.17. The molecular formula is C21H26N4O. The van der Waals surface area contributed by atoms with Crippen LogP contribution < -0.4 is 10.1 Å². The maximum atomic E-state index is 5.83. The molecule has 0 aliphatic rings. The summed E-state index contributed by atoms with van der Waals surface area (Å²) in [5, 5.41) is 7.98. The highest BCUT2D eigenvalue weighted by atomic mass is 16.5. The molecule has 0 atom stereocenters. The molecule has 0 aliphatic heterocycles. The summed E-state index contributed by atoms with van der Waals surface area (Å²) in [5.41, 5.74) is 4.45. The van der Waals surface area contributed by atoms with Crippen LogP contribution in [0.4, 0.5) is 0 Å². The van der Waals surface area contributed by atoms with E-state index in [1.54, 1.807) is 6.20 Å². The maximum Gasteiger partial charge on any atom is 0.130 e. The van der Waals surface area contributed by atoms with Crippen molar-refractivity contribution in [3.63, 3.8) is 0 Å². The van der Waals surface area contributed by atoms with Gasteiger partial charge in [0.1, 0.15) is 12.4 Å². The van der Waals surface area contributed by atoms with Crippen LogP contribution in [0.3, 0.4) is 0 Å². The summed E-state index contributed by atoms with van der Waals surface area (Å²) in [4.78, 5) is 4.27. The van der Waals surface area contributed by atoms with Crippen molar-refractivity contribution in [3.05, 3.63) is 77.4 Å². The van der Waals surface area contributed by atoms with E-state index in [-0.39, 0.29) is 0 Å². The number of pyridine rings is 1. The summed E-state index contributed by atoms with van der Waals surface area (Å²) in [5.74, 6) is 0.873. The predicted molar refractivity (Wildman–Crippen MR) is 103 cm³/mol. The van der Waals surface area contributed by atoms with Gasteiger partial charge in [0, 0.05) is 25.0 Å². The van der Waals surface area contributed by atoms with Gasteiger partial charge in [-0.2, -0.15) is 5.10 Å². The van der Waals surface area contributed by atoms with Gasteiger partial charge in [0.2, 0.25) is 0 Å². The average Bonchev–Trinajstić information content (AvgIpc) is 2.98. The van der Waals surface area contributed by atoms with Crippen LogP contribution in [-0.2, 0) is 19.7 Å². The van der Waals surface area contributed by atoms with Crippen LogP contribution in [-0.4, -0.2) is 21.3 Å². The van der Waals surface area contributed by atoms with Crippen molar-refractivity contribution in [2.75, 3.05) is 6.54 Å². The van der Waals surface area contributed by atoms with Gasteiger partial charge in [0.05, 0.1) is 11.4 Å². The molecule has 0 fully saturated rings. The van der Waals surface area contributed by atoms with Crippen LogP contribution in [0.15, 0.2) is 54.7 Å². The van der Waals surface area contributed by atoms with E-state index in [1.807, 2.05) is 37.3 Å². The topological polar surface area (TPSA) is 52.0 Å².